The fourth-order valence-electron chi connectivity index (χ4n) is 3.75. The van der Waals surface area contributed by atoms with Gasteiger partial charge in [0, 0.05) is 32.6 Å². The number of amides is 1. The maximum atomic E-state index is 12.8. The van der Waals surface area contributed by atoms with E-state index in [1.165, 1.54) is 23.8 Å². The number of methoxy groups -OCH3 is 1. The van der Waals surface area contributed by atoms with Crippen LogP contribution in [-0.4, -0.2) is 54.1 Å². The zero-order valence-corrected chi connectivity index (χ0v) is 24.4. The molecule has 1 saturated heterocycles. The summed E-state index contributed by atoms with van der Waals surface area (Å²) >= 11 is 0. The average Bonchev–Trinajstić information content (AvgIpc) is 2.98. The maximum Gasteiger partial charge on any atom is 0.225 e. The van der Waals surface area contributed by atoms with Gasteiger partial charge < -0.3 is 14.5 Å². The fraction of sp³-hybridized carbons (Fsp3) is 0.344. The monoisotopic (exact) mass is 550 g/mol. The summed E-state index contributed by atoms with van der Waals surface area (Å²) in [7, 11) is 1.59. The summed E-state index contributed by atoms with van der Waals surface area (Å²) in [4.78, 5) is 24.0. The molecule has 0 unspecified atom stereocenters. The molecule has 0 aliphatic carbocycles. The van der Waals surface area contributed by atoms with Crippen molar-refractivity contribution in [1.82, 2.24) is 14.9 Å². The van der Waals surface area contributed by atoms with E-state index in [-0.39, 0.29) is 17.5 Å². The van der Waals surface area contributed by atoms with Gasteiger partial charge in [-0.25, -0.2) is 18.7 Å². The Morgan fingerprint density at radius 3 is 2.05 bits per heavy atom. The maximum absolute atomic E-state index is 12.8. The van der Waals surface area contributed by atoms with Crippen molar-refractivity contribution in [2.24, 2.45) is 0 Å². The van der Waals surface area contributed by atoms with Crippen LogP contribution >= 0.6 is 0 Å². The summed E-state index contributed by atoms with van der Waals surface area (Å²) in [6.45, 7) is 16.3. The molecule has 2 heterocycles. The number of piperazine rings is 1. The van der Waals surface area contributed by atoms with Crippen LogP contribution in [0.5, 0.6) is 5.75 Å². The van der Waals surface area contributed by atoms with Gasteiger partial charge >= 0.3 is 0 Å². The number of rotatable bonds is 5. The van der Waals surface area contributed by atoms with Crippen LogP contribution in [-0.2, 0) is 4.79 Å². The molecule has 0 saturated carbocycles. The molecule has 1 aliphatic rings. The third kappa shape index (κ3) is 9.91. The van der Waals surface area contributed by atoms with Crippen LogP contribution in [0.4, 0.5) is 14.7 Å². The normalized spacial score (nSPS) is 12.9. The lowest BCUT2D eigenvalue weighted by atomic mass is 10.0. The first-order valence-electron chi connectivity index (χ1n) is 13.3. The minimum Gasteiger partial charge on any atom is -0.494 e. The van der Waals surface area contributed by atoms with Crippen LogP contribution in [0.15, 0.2) is 67.5 Å². The number of allylic oxidation sites excluding steroid dienone is 3. The molecule has 1 amide bonds. The van der Waals surface area contributed by atoms with Crippen molar-refractivity contribution < 1.29 is 18.3 Å². The van der Waals surface area contributed by atoms with Crippen LogP contribution in [0.2, 0.25) is 0 Å². The van der Waals surface area contributed by atoms with Crippen molar-refractivity contribution >= 4 is 23.0 Å². The Hall–Kier alpha value is -4.07. The second kappa shape index (κ2) is 16.1. The predicted molar refractivity (Wildman–Crippen MR) is 159 cm³/mol. The molecule has 8 heteroatoms. The SMILES string of the molecule is C/C=C(\C)c1ccc(F)c(C)c1.C=C(C)c1ccc(F)cc1.CCC(=O)N1CCN(c2ncc(OC)cn2)CC1. The number of benzene rings is 2. The largest absolute Gasteiger partial charge is 0.494 e. The van der Waals surface area contributed by atoms with Gasteiger partial charge in [-0.05, 0) is 74.2 Å². The van der Waals surface area contributed by atoms with E-state index in [1.807, 2.05) is 44.7 Å². The summed E-state index contributed by atoms with van der Waals surface area (Å²) in [5.74, 6) is 1.22. The van der Waals surface area contributed by atoms with Gasteiger partial charge in [0.1, 0.15) is 11.6 Å². The van der Waals surface area contributed by atoms with Gasteiger partial charge in [0.15, 0.2) is 5.75 Å². The van der Waals surface area contributed by atoms with E-state index in [9.17, 15) is 13.6 Å². The molecule has 0 bridgehead atoms. The summed E-state index contributed by atoms with van der Waals surface area (Å²) in [5, 5.41) is 0. The molecule has 1 aromatic heterocycles. The van der Waals surface area contributed by atoms with Gasteiger partial charge in [0.2, 0.25) is 11.9 Å². The first kappa shape index (κ1) is 32.1. The van der Waals surface area contributed by atoms with Crippen molar-refractivity contribution in [2.75, 3.05) is 38.2 Å². The Morgan fingerprint density at radius 1 is 1.00 bits per heavy atom. The fourth-order valence-corrected chi connectivity index (χ4v) is 3.75. The topological polar surface area (TPSA) is 58.6 Å². The van der Waals surface area contributed by atoms with Crippen molar-refractivity contribution in [3.05, 3.63) is 95.8 Å². The van der Waals surface area contributed by atoms with Gasteiger partial charge in [-0.3, -0.25) is 4.79 Å². The third-order valence-electron chi connectivity index (χ3n) is 6.45. The second-order valence-corrected chi connectivity index (χ2v) is 9.37. The number of halogens is 2. The number of carbonyl (C=O) groups is 1. The highest BCUT2D eigenvalue weighted by atomic mass is 19.1. The quantitative estimate of drug-likeness (QED) is 0.344. The molecule has 0 atom stereocenters. The zero-order valence-electron chi connectivity index (χ0n) is 24.4. The third-order valence-corrected chi connectivity index (χ3v) is 6.45. The van der Waals surface area contributed by atoms with Gasteiger partial charge in [0.25, 0.3) is 0 Å². The van der Waals surface area contributed by atoms with Crippen molar-refractivity contribution in [1.29, 1.82) is 0 Å². The molecular weight excluding hydrogens is 510 g/mol. The van der Waals surface area contributed by atoms with Crippen LogP contribution < -0.4 is 9.64 Å². The zero-order chi connectivity index (χ0) is 29.7. The Balaban J connectivity index is 0.000000222. The summed E-state index contributed by atoms with van der Waals surface area (Å²) in [5.41, 5.74) is 4.92. The molecule has 0 N–H and O–H groups in total. The molecule has 2 aromatic carbocycles. The number of ether oxygens (including phenoxy) is 1. The van der Waals surface area contributed by atoms with Gasteiger partial charge in [-0.1, -0.05) is 43.4 Å². The van der Waals surface area contributed by atoms with E-state index in [1.54, 1.807) is 44.6 Å². The molecule has 3 aromatic rings. The van der Waals surface area contributed by atoms with Crippen LogP contribution in [0.25, 0.3) is 11.1 Å². The van der Waals surface area contributed by atoms with Gasteiger partial charge in [-0.2, -0.15) is 0 Å². The van der Waals surface area contributed by atoms with Crippen molar-refractivity contribution in [3.63, 3.8) is 0 Å². The first-order chi connectivity index (χ1) is 19.1. The number of carbonyl (C=O) groups excluding carboxylic acids is 1. The molecule has 1 aliphatic heterocycles. The minimum atomic E-state index is -0.204. The second-order valence-electron chi connectivity index (χ2n) is 9.37. The lowest BCUT2D eigenvalue weighted by molar-refractivity contribution is -0.131. The van der Waals surface area contributed by atoms with Crippen molar-refractivity contribution in [2.45, 2.75) is 41.0 Å². The Kier molecular flexibility index (Phi) is 13.0. The van der Waals surface area contributed by atoms with E-state index < -0.39 is 0 Å². The number of hydrogen-bond donors (Lipinski definition) is 0. The lowest BCUT2D eigenvalue weighted by Gasteiger charge is -2.34. The van der Waals surface area contributed by atoms with E-state index in [4.69, 9.17) is 4.74 Å². The summed E-state index contributed by atoms with van der Waals surface area (Å²) < 4.78 is 30.2. The molecule has 0 radical (unpaired) electrons. The Labute approximate surface area is 237 Å². The minimum absolute atomic E-state index is 0.136. The molecule has 214 valence electrons. The van der Waals surface area contributed by atoms with Crippen molar-refractivity contribution in [3.8, 4) is 5.75 Å². The average molecular weight is 551 g/mol. The number of hydrogen-bond acceptors (Lipinski definition) is 5. The molecule has 0 spiro atoms. The summed E-state index contributed by atoms with van der Waals surface area (Å²) in [6, 6.07) is 11.5. The highest BCUT2D eigenvalue weighted by Crippen LogP contribution is 2.17. The van der Waals surface area contributed by atoms with E-state index in [0.29, 0.717) is 23.7 Å². The summed E-state index contributed by atoms with van der Waals surface area (Å²) in [6.07, 6.45) is 5.91. The molecule has 1 fully saturated rings. The van der Waals surface area contributed by atoms with Crippen LogP contribution in [0, 0.1) is 18.6 Å². The Morgan fingerprint density at radius 2 is 1.57 bits per heavy atom. The number of aromatic nitrogens is 2. The standard InChI is InChI=1S/C12H18N4O2.C11H13F.C9H9F/c1-3-11(17)15-4-6-16(7-5-15)12-13-8-10(18-2)9-14-12;1-4-8(2)10-5-6-11(12)9(3)7-10;1-7(2)8-3-5-9(10)6-4-8/h8-9H,3-7H2,1-2H3;4-7H,1-3H3;3-6H,1H2,2H3/b;8-4+;. The number of anilines is 1. The molecule has 40 heavy (non-hydrogen) atoms. The van der Waals surface area contributed by atoms with E-state index >= 15 is 0 Å². The smallest absolute Gasteiger partial charge is 0.225 e. The first-order valence-corrected chi connectivity index (χ1v) is 13.3. The number of nitrogens with zero attached hydrogens (tertiary/aromatic N) is 4. The predicted octanol–water partition coefficient (Wildman–Crippen LogP) is 6.96. The van der Waals surface area contributed by atoms with Crippen LogP contribution in [0.3, 0.4) is 0 Å². The van der Waals surface area contributed by atoms with Gasteiger partial charge in [0.05, 0.1) is 19.5 Å². The molecular formula is C32H40F2N4O2. The van der Waals surface area contributed by atoms with E-state index in [2.05, 4.69) is 21.4 Å². The lowest BCUT2D eigenvalue weighted by Crippen LogP contribution is -2.49. The van der Waals surface area contributed by atoms with Crippen LogP contribution in [0.1, 0.15) is 50.8 Å². The molecule has 4 rings (SSSR count). The highest BCUT2D eigenvalue weighted by Gasteiger charge is 2.21. The van der Waals surface area contributed by atoms with E-state index in [0.717, 1.165) is 42.9 Å². The highest BCUT2D eigenvalue weighted by molar-refractivity contribution is 5.76. The Bertz CT molecular complexity index is 1270. The molecule has 6 nitrogen and oxygen atoms in total. The van der Waals surface area contributed by atoms with Gasteiger partial charge in [-0.15, -0.1) is 0 Å². The number of aryl methyl sites for hydroxylation is 1.